The predicted molar refractivity (Wildman–Crippen MR) is 105 cm³/mol. The van der Waals surface area contributed by atoms with Gasteiger partial charge >= 0.3 is 0 Å². The van der Waals surface area contributed by atoms with Crippen LogP contribution in [0.15, 0.2) is 18.5 Å². The summed E-state index contributed by atoms with van der Waals surface area (Å²) in [6.45, 7) is 5.74. The van der Waals surface area contributed by atoms with Gasteiger partial charge in [0.2, 0.25) is 5.82 Å². The Morgan fingerprint density at radius 2 is 1.93 bits per heavy atom. The topological polar surface area (TPSA) is 83.5 Å². The van der Waals surface area contributed by atoms with E-state index in [9.17, 15) is 4.39 Å². The number of halogens is 1. The van der Waals surface area contributed by atoms with Gasteiger partial charge in [0.05, 0.1) is 11.8 Å². The number of tetrazole rings is 1. The van der Waals surface area contributed by atoms with Gasteiger partial charge in [-0.3, -0.25) is 4.98 Å². The molecule has 0 atom stereocenters. The van der Waals surface area contributed by atoms with Gasteiger partial charge in [0.25, 0.3) is 0 Å². The summed E-state index contributed by atoms with van der Waals surface area (Å²) in [7, 11) is 0. The Balaban J connectivity index is 2.11. The number of nitrogens with zero attached hydrogens (tertiary/aromatic N) is 6. The summed E-state index contributed by atoms with van der Waals surface area (Å²) in [5.74, 6) is 0.876. The number of nitrogens with one attached hydrogen (secondary N) is 1. The van der Waals surface area contributed by atoms with Gasteiger partial charge in [0.1, 0.15) is 11.6 Å². The van der Waals surface area contributed by atoms with Gasteiger partial charge in [0.15, 0.2) is 0 Å². The van der Waals surface area contributed by atoms with E-state index in [1.807, 2.05) is 0 Å². The normalized spacial score (nSPS) is 13.8. The number of aromatic amines is 1. The first-order valence-corrected chi connectivity index (χ1v) is 9.89. The lowest BCUT2D eigenvalue weighted by atomic mass is 9.91. The van der Waals surface area contributed by atoms with Crippen molar-refractivity contribution in [2.75, 3.05) is 18.0 Å². The molecule has 146 valence electrons. The Hall–Kier alpha value is -2.90. The minimum absolute atomic E-state index is 0.351. The van der Waals surface area contributed by atoms with Gasteiger partial charge in [-0.05, 0) is 56.4 Å². The van der Waals surface area contributed by atoms with Crippen molar-refractivity contribution in [3.8, 4) is 22.5 Å². The van der Waals surface area contributed by atoms with Crippen molar-refractivity contribution in [1.82, 2.24) is 30.6 Å². The van der Waals surface area contributed by atoms with Crippen molar-refractivity contribution in [3.05, 3.63) is 35.5 Å². The van der Waals surface area contributed by atoms with Crippen LogP contribution in [0.3, 0.4) is 0 Å². The molecule has 1 aliphatic carbocycles. The first-order valence-electron chi connectivity index (χ1n) is 9.89. The summed E-state index contributed by atoms with van der Waals surface area (Å²) in [5.41, 5.74) is 4.23. The molecule has 7 nitrogen and oxygen atoms in total. The van der Waals surface area contributed by atoms with Crippen LogP contribution in [0.4, 0.5) is 10.2 Å². The van der Waals surface area contributed by atoms with Crippen LogP contribution in [-0.4, -0.2) is 43.7 Å². The number of anilines is 1. The minimum Gasteiger partial charge on any atom is -0.357 e. The molecule has 0 unspecified atom stereocenters. The summed E-state index contributed by atoms with van der Waals surface area (Å²) in [4.78, 5) is 11.2. The minimum atomic E-state index is -0.351. The molecule has 3 heterocycles. The maximum Gasteiger partial charge on any atom is 0.209 e. The molecule has 0 bridgehead atoms. The van der Waals surface area contributed by atoms with Crippen molar-refractivity contribution in [1.29, 1.82) is 0 Å². The number of hydrogen-bond donors (Lipinski definition) is 1. The zero-order valence-electron chi connectivity index (χ0n) is 16.2. The van der Waals surface area contributed by atoms with E-state index in [4.69, 9.17) is 4.98 Å². The molecule has 28 heavy (non-hydrogen) atoms. The lowest BCUT2D eigenvalue weighted by Crippen LogP contribution is -2.25. The lowest BCUT2D eigenvalue weighted by molar-refractivity contribution is 0.624. The zero-order valence-corrected chi connectivity index (χ0v) is 16.2. The maximum absolute atomic E-state index is 14.9. The third-order valence-corrected chi connectivity index (χ3v) is 5.38. The molecule has 8 heteroatoms. The first-order chi connectivity index (χ1) is 13.7. The van der Waals surface area contributed by atoms with Crippen molar-refractivity contribution in [2.24, 2.45) is 0 Å². The van der Waals surface area contributed by atoms with Crippen LogP contribution < -0.4 is 4.90 Å². The van der Waals surface area contributed by atoms with Crippen LogP contribution in [0.25, 0.3) is 22.5 Å². The van der Waals surface area contributed by atoms with Gasteiger partial charge in [-0.1, -0.05) is 6.42 Å². The van der Waals surface area contributed by atoms with E-state index < -0.39 is 0 Å². The van der Waals surface area contributed by atoms with Gasteiger partial charge in [-0.2, -0.15) is 5.21 Å². The second-order valence-electron chi connectivity index (χ2n) is 6.93. The fourth-order valence-electron chi connectivity index (χ4n) is 4.01. The Bertz CT molecular complexity index is 951. The summed E-state index contributed by atoms with van der Waals surface area (Å²) >= 11 is 0. The SMILES string of the molecule is CCN(CC)c1nc2c(c(-c3ccncc3F)c1-c1nn[nH]n1)CCCCC2. The highest BCUT2D eigenvalue weighted by Crippen LogP contribution is 2.42. The monoisotopic (exact) mass is 381 g/mol. The van der Waals surface area contributed by atoms with Gasteiger partial charge in [-0.15, -0.1) is 10.2 Å². The van der Waals surface area contributed by atoms with Crippen LogP contribution in [0.2, 0.25) is 0 Å². The third kappa shape index (κ3) is 3.23. The van der Waals surface area contributed by atoms with Gasteiger partial charge in [0, 0.05) is 36.1 Å². The molecule has 0 amide bonds. The van der Waals surface area contributed by atoms with Crippen molar-refractivity contribution in [2.45, 2.75) is 46.0 Å². The summed E-state index contributed by atoms with van der Waals surface area (Å²) in [6, 6.07) is 1.73. The molecular weight excluding hydrogens is 357 g/mol. The van der Waals surface area contributed by atoms with Crippen LogP contribution in [0, 0.1) is 5.82 Å². The zero-order chi connectivity index (χ0) is 19.5. The molecule has 0 aromatic carbocycles. The third-order valence-electron chi connectivity index (χ3n) is 5.38. The number of hydrogen-bond acceptors (Lipinski definition) is 6. The predicted octanol–water partition coefficient (Wildman–Crippen LogP) is 3.58. The molecule has 1 N–H and O–H groups in total. The standard InChI is InChI=1S/C20H24FN7/c1-3-28(4-2)20-18(19-24-26-27-25-19)17(13-10-11-22-12-15(13)21)14-8-6-5-7-9-16(14)23-20/h10-12H,3-9H2,1-2H3,(H,24,25,26,27). The van der Waals surface area contributed by atoms with Crippen LogP contribution in [0.5, 0.6) is 0 Å². The van der Waals surface area contributed by atoms with Crippen molar-refractivity contribution in [3.63, 3.8) is 0 Å². The first kappa shape index (κ1) is 18.5. The molecule has 3 aromatic rings. The Labute approximate surface area is 163 Å². The highest BCUT2D eigenvalue weighted by molar-refractivity contribution is 5.90. The summed E-state index contributed by atoms with van der Waals surface area (Å²) in [6.07, 6.45) is 7.95. The number of aryl methyl sites for hydroxylation is 1. The average Bonchev–Trinajstić information content (AvgIpc) is 3.14. The molecule has 4 rings (SSSR count). The van der Waals surface area contributed by atoms with Crippen molar-refractivity contribution >= 4 is 5.82 Å². The fourth-order valence-corrected chi connectivity index (χ4v) is 4.01. The average molecular weight is 381 g/mol. The second kappa shape index (κ2) is 8.00. The number of fused-ring (bicyclic) bond motifs is 1. The van der Waals surface area contributed by atoms with Crippen molar-refractivity contribution < 1.29 is 4.39 Å². The fraction of sp³-hybridized carbons (Fsp3) is 0.450. The van der Waals surface area contributed by atoms with Crippen LogP contribution in [0.1, 0.15) is 44.4 Å². The molecule has 0 spiro atoms. The van der Waals surface area contributed by atoms with E-state index in [1.165, 1.54) is 6.20 Å². The molecule has 1 aliphatic rings. The summed E-state index contributed by atoms with van der Waals surface area (Å²) < 4.78 is 14.9. The maximum atomic E-state index is 14.9. The molecule has 0 fully saturated rings. The van der Waals surface area contributed by atoms with E-state index in [2.05, 4.69) is 44.4 Å². The van der Waals surface area contributed by atoms with E-state index >= 15 is 0 Å². The van der Waals surface area contributed by atoms with Crippen LogP contribution in [-0.2, 0) is 12.8 Å². The molecule has 0 saturated heterocycles. The summed E-state index contributed by atoms with van der Waals surface area (Å²) in [5, 5.41) is 14.8. The molecule has 0 saturated carbocycles. The largest absolute Gasteiger partial charge is 0.357 e. The highest BCUT2D eigenvalue weighted by Gasteiger charge is 2.28. The number of pyridine rings is 2. The van der Waals surface area contributed by atoms with E-state index in [0.29, 0.717) is 11.4 Å². The quantitative estimate of drug-likeness (QED) is 0.680. The molecule has 0 aliphatic heterocycles. The van der Waals surface area contributed by atoms with E-state index in [0.717, 1.165) is 73.4 Å². The Morgan fingerprint density at radius 3 is 2.64 bits per heavy atom. The smallest absolute Gasteiger partial charge is 0.209 e. The second-order valence-corrected chi connectivity index (χ2v) is 6.93. The van der Waals surface area contributed by atoms with Gasteiger partial charge in [-0.25, -0.2) is 9.37 Å². The highest BCUT2D eigenvalue weighted by atomic mass is 19.1. The van der Waals surface area contributed by atoms with Gasteiger partial charge < -0.3 is 4.90 Å². The molecule has 0 radical (unpaired) electrons. The Kier molecular flexibility index (Phi) is 5.27. The number of rotatable bonds is 5. The number of aromatic nitrogens is 6. The number of H-pyrrole nitrogens is 1. The lowest BCUT2D eigenvalue weighted by Gasteiger charge is -2.26. The molecular formula is C20H24FN7. The molecule has 3 aromatic heterocycles. The van der Waals surface area contributed by atoms with E-state index in [-0.39, 0.29) is 5.82 Å². The Morgan fingerprint density at radius 1 is 1.11 bits per heavy atom. The van der Waals surface area contributed by atoms with E-state index in [1.54, 1.807) is 12.3 Å². The van der Waals surface area contributed by atoms with Crippen LogP contribution >= 0.6 is 0 Å².